The third-order valence-electron chi connectivity index (χ3n) is 3.11. The molecule has 0 aliphatic rings. The van der Waals surface area contributed by atoms with Gasteiger partial charge < -0.3 is 10.5 Å². The van der Waals surface area contributed by atoms with E-state index in [4.69, 9.17) is 10.5 Å². The first-order valence-electron chi connectivity index (χ1n) is 6.24. The minimum absolute atomic E-state index is 0.0759. The number of nitrogens with one attached hydrogen (secondary N) is 1. The van der Waals surface area contributed by atoms with Crippen molar-refractivity contribution in [2.45, 2.75) is 17.9 Å². The first kappa shape index (κ1) is 15.3. The maximum Gasteiger partial charge on any atom is 0.241 e. The van der Waals surface area contributed by atoms with E-state index in [2.05, 4.69) is 4.72 Å². The van der Waals surface area contributed by atoms with Crippen LogP contribution in [0.4, 0.5) is 0 Å². The first-order chi connectivity index (χ1) is 9.86. The molecule has 0 saturated heterocycles. The standard InChI is InChI=1S/C14H16N2O4S/c1-9(14(15)17)16-21(18,19)13-8-4-5-10-11(13)6-3-7-12(10)20-2/h3-9,16H,1-2H3,(H2,15,17). The maximum absolute atomic E-state index is 12.4. The van der Waals surface area contributed by atoms with Gasteiger partial charge in [0.25, 0.3) is 0 Å². The van der Waals surface area contributed by atoms with Crippen molar-refractivity contribution in [2.24, 2.45) is 5.73 Å². The number of hydrogen-bond acceptors (Lipinski definition) is 4. The van der Waals surface area contributed by atoms with E-state index >= 15 is 0 Å². The Bertz CT molecular complexity index is 787. The van der Waals surface area contributed by atoms with Gasteiger partial charge in [-0.15, -0.1) is 0 Å². The molecule has 2 aromatic rings. The third-order valence-corrected chi connectivity index (χ3v) is 4.71. The third kappa shape index (κ3) is 2.98. The summed E-state index contributed by atoms with van der Waals surface area (Å²) >= 11 is 0. The number of rotatable bonds is 5. The number of ether oxygens (including phenoxy) is 1. The smallest absolute Gasteiger partial charge is 0.241 e. The van der Waals surface area contributed by atoms with Crippen molar-refractivity contribution in [1.29, 1.82) is 0 Å². The summed E-state index contributed by atoms with van der Waals surface area (Å²) in [6.07, 6.45) is 0. The number of carbonyl (C=O) groups is 1. The highest BCUT2D eigenvalue weighted by Crippen LogP contribution is 2.29. The Morgan fingerprint density at radius 1 is 1.19 bits per heavy atom. The second-order valence-corrected chi connectivity index (χ2v) is 6.24. The molecule has 1 unspecified atom stereocenters. The molecule has 2 rings (SSSR count). The number of amides is 1. The summed E-state index contributed by atoms with van der Waals surface area (Å²) in [5.74, 6) is -0.163. The van der Waals surface area contributed by atoms with Crippen molar-refractivity contribution < 1.29 is 17.9 Å². The van der Waals surface area contributed by atoms with Crippen molar-refractivity contribution in [3.63, 3.8) is 0 Å². The minimum atomic E-state index is -3.86. The summed E-state index contributed by atoms with van der Waals surface area (Å²) in [5, 5.41) is 1.19. The van der Waals surface area contributed by atoms with Crippen molar-refractivity contribution in [2.75, 3.05) is 7.11 Å². The molecule has 0 saturated carbocycles. The molecular formula is C14H16N2O4S. The zero-order valence-corrected chi connectivity index (χ0v) is 12.5. The molecule has 3 N–H and O–H groups in total. The van der Waals surface area contributed by atoms with Gasteiger partial charge in [-0.1, -0.05) is 24.3 Å². The van der Waals surface area contributed by atoms with E-state index in [1.165, 1.54) is 20.1 Å². The summed E-state index contributed by atoms with van der Waals surface area (Å²) in [7, 11) is -2.35. The van der Waals surface area contributed by atoms with Crippen LogP contribution < -0.4 is 15.2 Å². The second-order valence-electron chi connectivity index (χ2n) is 4.56. The number of methoxy groups -OCH3 is 1. The number of hydrogen-bond donors (Lipinski definition) is 2. The first-order valence-corrected chi connectivity index (χ1v) is 7.72. The molecule has 2 aromatic carbocycles. The van der Waals surface area contributed by atoms with Gasteiger partial charge in [0.2, 0.25) is 15.9 Å². The van der Waals surface area contributed by atoms with Crippen LogP contribution in [0.5, 0.6) is 5.75 Å². The average molecular weight is 308 g/mol. The summed E-state index contributed by atoms with van der Waals surface area (Å²) in [6.45, 7) is 1.39. The van der Waals surface area contributed by atoms with Crippen LogP contribution in [0.3, 0.4) is 0 Å². The van der Waals surface area contributed by atoms with Crippen LogP contribution in [0.2, 0.25) is 0 Å². The lowest BCUT2D eigenvalue weighted by atomic mass is 10.1. The Balaban J connectivity index is 2.59. The highest BCUT2D eigenvalue weighted by molar-refractivity contribution is 7.89. The zero-order chi connectivity index (χ0) is 15.6. The van der Waals surface area contributed by atoms with Gasteiger partial charge in [-0.3, -0.25) is 4.79 Å². The molecular weight excluding hydrogens is 292 g/mol. The van der Waals surface area contributed by atoms with Gasteiger partial charge >= 0.3 is 0 Å². The van der Waals surface area contributed by atoms with Crippen LogP contribution >= 0.6 is 0 Å². The van der Waals surface area contributed by atoms with Crippen LogP contribution in [0.15, 0.2) is 41.3 Å². The van der Waals surface area contributed by atoms with Gasteiger partial charge in [-0.25, -0.2) is 8.42 Å². The minimum Gasteiger partial charge on any atom is -0.496 e. The van der Waals surface area contributed by atoms with E-state index in [0.717, 1.165) is 0 Å². The number of carbonyl (C=O) groups excluding carboxylic acids is 1. The van der Waals surface area contributed by atoms with Gasteiger partial charge in [0, 0.05) is 10.8 Å². The Kier molecular flexibility index (Phi) is 4.15. The lowest BCUT2D eigenvalue weighted by molar-refractivity contribution is -0.119. The molecule has 112 valence electrons. The van der Waals surface area contributed by atoms with Crippen molar-refractivity contribution >= 4 is 26.7 Å². The lowest BCUT2D eigenvalue weighted by Gasteiger charge is -2.13. The monoisotopic (exact) mass is 308 g/mol. The molecule has 0 radical (unpaired) electrons. The van der Waals surface area contributed by atoms with Crippen molar-refractivity contribution in [3.8, 4) is 5.75 Å². The molecule has 7 heteroatoms. The van der Waals surface area contributed by atoms with Crippen LogP contribution in [0.25, 0.3) is 10.8 Å². The summed E-state index contributed by atoms with van der Waals surface area (Å²) < 4.78 is 32.3. The fourth-order valence-electron chi connectivity index (χ4n) is 2.02. The fraction of sp³-hybridized carbons (Fsp3) is 0.214. The molecule has 0 fully saturated rings. The van der Waals surface area contributed by atoms with Gasteiger partial charge in [0.05, 0.1) is 18.0 Å². The van der Waals surface area contributed by atoms with E-state index < -0.39 is 22.0 Å². The number of sulfonamides is 1. The average Bonchev–Trinajstić information content (AvgIpc) is 2.45. The molecule has 1 atom stereocenters. The molecule has 0 aliphatic carbocycles. The van der Waals surface area contributed by atoms with Crippen LogP contribution in [0.1, 0.15) is 6.92 Å². The summed E-state index contributed by atoms with van der Waals surface area (Å²) in [6, 6.07) is 9.00. The van der Waals surface area contributed by atoms with Crippen LogP contribution in [-0.4, -0.2) is 27.5 Å². The molecule has 1 amide bonds. The van der Waals surface area contributed by atoms with Gasteiger partial charge in [0.15, 0.2) is 0 Å². The molecule has 0 bridgehead atoms. The highest BCUT2D eigenvalue weighted by atomic mass is 32.2. The molecule has 0 aromatic heterocycles. The zero-order valence-electron chi connectivity index (χ0n) is 11.7. The molecule has 0 spiro atoms. The predicted octanol–water partition coefficient (Wildman–Crippen LogP) is 1.00. The van der Waals surface area contributed by atoms with E-state index in [1.807, 2.05) is 0 Å². The van der Waals surface area contributed by atoms with E-state index in [-0.39, 0.29) is 4.90 Å². The summed E-state index contributed by atoms with van der Waals surface area (Å²) in [4.78, 5) is 11.1. The van der Waals surface area contributed by atoms with E-state index in [0.29, 0.717) is 16.5 Å². The van der Waals surface area contributed by atoms with Crippen LogP contribution in [0, 0.1) is 0 Å². The predicted molar refractivity (Wildman–Crippen MR) is 79.5 cm³/mol. The second kappa shape index (κ2) is 5.71. The van der Waals surface area contributed by atoms with Gasteiger partial charge in [-0.05, 0) is 19.1 Å². The normalized spacial score (nSPS) is 13.0. The van der Waals surface area contributed by atoms with E-state index in [9.17, 15) is 13.2 Å². The van der Waals surface area contributed by atoms with E-state index in [1.54, 1.807) is 30.3 Å². The maximum atomic E-state index is 12.4. The fourth-order valence-corrected chi connectivity index (χ4v) is 3.45. The molecule has 21 heavy (non-hydrogen) atoms. The molecule has 0 heterocycles. The molecule has 6 nitrogen and oxygen atoms in total. The largest absolute Gasteiger partial charge is 0.496 e. The number of fused-ring (bicyclic) bond motifs is 1. The number of primary amides is 1. The number of nitrogens with two attached hydrogens (primary N) is 1. The Morgan fingerprint density at radius 2 is 1.81 bits per heavy atom. The highest BCUT2D eigenvalue weighted by Gasteiger charge is 2.22. The van der Waals surface area contributed by atoms with Crippen molar-refractivity contribution in [3.05, 3.63) is 36.4 Å². The lowest BCUT2D eigenvalue weighted by Crippen LogP contribution is -2.42. The van der Waals surface area contributed by atoms with Crippen LogP contribution in [-0.2, 0) is 14.8 Å². The Hall–Kier alpha value is -2.12. The van der Waals surface area contributed by atoms with Gasteiger partial charge in [-0.2, -0.15) is 4.72 Å². The SMILES string of the molecule is COc1cccc2c(S(=O)(=O)NC(C)C(N)=O)cccc12. The topological polar surface area (TPSA) is 98.5 Å². The Morgan fingerprint density at radius 3 is 2.43 bits per heavy atom. The number of benzene rings is 2. The van der Waals surface area contributed by atoms with Crippen molar-refractivity contribution in [1.82, 2.24) is 4.72 Å². The Labute approximate surface area is 122 Å². The summed E-state index contributed by atoms with van der Waals surface area (Å²) in [5.41, 5.74) is 5.09. The quantitative estimate of drug-likeness (QED) is 0.861. The van der Waals surface area contributed by atoms with Gasteiger partial charge in [0.1, 0.15) is 5.75 Å². The molecule has 0 aliphatic heterocycles.